The second-order valence-corrected chi connectivity index (χ2v) is 6.00. The Morgan fingerprint density at radius 2 is 1.95 bits per heavy atom. The lowest BCUT2D eigenvalue weighted by atomic mass is 9.99. The Balaban J connectivity index is 2.42. The number of fused-ring (bicyclic) bond motifs is 1. The lowest BCUT2D eigenvalue weighted by Crippen LogP contribution is -2.22. The van der Waals surface area contributed by atoms with Crippen LogP contribution in [0, 0.1) is 5.92 Å². The number of hydrogen-bond acceptors (Lipinski definition) is 3. The monoisotopic (exact) mass is 275 g/mol. The largest absolute Gasteiger partial charge is 0.497 e. The molecule has 3 nitrogen and oxygen atoms in total. The van der Waals surface area contributed by atoms with Crippen molar-refractivity contribution in [2.24, 2.45) is 5.92 Å². The van der Waals surface area contributed by atoms with Crippen LogP contribution >= 0.6 is 0 Å². The summed E-state index contributed by atoms with van der Waals surface area (Å²) in [6.07, 6.45) is 1.04. The molecule has 0 aliphatic rings. The van der Waals surface area contributed by atoms with Crippen LogP contribution in [0.1, 0.15) is 39.0 Å². The summed E-state index contributed by atoms with van der Waals surface area (Å²) >= 11 is 0. The molecule has 0 amide bonds. The zero-order chi connectivity index (χ0) is 14.7. The van der Waals surface area contributed by atoms with Crippen molar-refractivity contribution in [1.29, 1.82) is 0 Å². The zero-order valence-electron chi connectivity index (χ0n) is 13.1. The maximum Gasteiger partial charge on any atom is 0.138 e. The van der Waals surface area contributed by atoms with Crippen LogP contribution in [-0.2, 0) is 13.0 Å². The summed E-state index contributed by atoms with van der Waals surface area (Å²) < 4.78 is 11.3. The van der Waals surface area contributed by atoms with E-state index in [0.29, 0.717) is 12.0 Å². The summed E-state index contributed by atoms with van der Waals surface area (Å²) in [7, 11) is 1.68. The van der Waals surface area contributed by atoms with Crippen molar-refractivity contribution in [3.8, 4) is 5.75 Å². The maximum absolute atomic E-state index is 6.05. The van der Waals surface area contributed by atoms with Gasteiger partial charge >= 0.3 is 0 Å². The molecule has 2 aromatic rings. The Labute approximate surface area is 121 Å². The fourth-order valence-electron chi connectivity index (χ4n) is 2.38. The fourth-order valence-corrected chi connectivity index (χ4v) is 2.38. The van der Waals surface area contributed by atoms with Gasteiger partial charge in [0.25, 0.3) is 0 Å². The predicted octanol–water partition coefficient (Wildman–Crippen LogP) is 4.14. The Kier molecular flexibility index (Phi) is 4.71. The topological polar surface area (TPSA) is 34.4 Å². The summed E-state index contributed by atoms with van der Waals surface area (Å²) in [5, 5.41) is 4.65. The van der Waals surface area contributed by atoms with Crippen molar-refractivity contribution in [2.75, 3.05) is 7.11 Å². The van der Waals surface area contributed by atoms with Crippen LogP contribution < -0.4 is 10.1 Å². The minimum absolute atomic E-state index is 0.449. The predicted molar refractivity (Wildman–Crippen MR) is 83.3 cm³/mol. The summed E-state index contributed by atoms with van der Waals surface area (Å²) in [6, 6.07) is 6.53. The second-order valence-electron chi connectivity index (χ2n) is 6.00. The molecule has 3 heteroatoms. The average molecular weight is 275 g/mol. The first-order valence-corrected chi connectivity index (χ1v) is 7.33. The van der Waals surface area contributed by atoms with E-state index >= 15 is 0 Å². The first-order valence-electron chi connectivity index (χ1n) is 7.33. The van der Waals surface area contributed by atoms with Gasteiger partial charge in [-0.05, 0) is 24.5 Å². The highest BCUT2D eigenvalue weighted by molar-refractivity contribution is 5.83. The van der Waals surface area contributed by atoms with E-state index < -0.39 is 0 Å². The van der Waals surface area contributed by atoms with Crippen molar-refractivity contribution >= 4 is 11.0 Å². The number of ether oxygens (including phenoxy) is 1. The quantitative estimate of drug-likeness (QED) is 0.860. The third-order valence-corrected chi connectivity index (χ3v) is 3.37. The maximum atomic E-state index is 6.05. The van der Waals surface area contributed by atoms with Crippen molar-refractivity contribution in [2.45, 2.75) is 46.7 Å². The van der Waals surface area contributed by atoms with Gasteiger partial charge in [0.1, 0.15) is 17.1 Å². The lowest BCUT2D eigenvalue weighted by molar-refractivity contribution is 0.414. The SMILES string of the molecule is COc1ccc2c(CC(C)C)c(CNC(C)C)oc2c1. The first kappa shape index (κ1) is 14.9. The average Bonchev–Trinajstić information content (AvgIpc) is 2.73. The fraction of sp³-hybridized carbons (Fsp3) is 0.529. The third kappa shape index (κ3) is 3.34. The molecule has 1 aromatic heterocycles. The van der Waals surface area contributed by atoms with Crippen molar-refractivity contribution in [1.82, 2.24) is 5.32 Å². The van der Waals surface area contributed by atoms with Gasteiger partial charge in [-0.25, -0.2) is 0 Å². The summed E-state index contributed by atoms with van der Waals surface area (Å²) in [4.78, 5) is 0. The molecule has 0 unspecified atom stereocenters. The van der Waals surface area contributed by atoms with Crippen LogP contribution in [0.4, 0.5) is 0 Å². The van der Waals surface area contributed by atoms with Crippen LogP contribution in [0.25, 0.3) is 11.0 Å². The molecule has 0 fully saturated rings. The molecule has 0 saturated heterocycles. The molecular weight excluding hydrogens is 250 g/mol. The molecule has 1 aromatic carbocycles. The number of methoxy groups -OCH3 is 1. The molecule has 0 spiro atoms. The Hall–Kier alpha value is -1.48. The highest BCUT2D eigenvalue weighted by Crippen LogP contribution is 2.31. The smallest absolute Gasteiger partial charge is 0.138 e. The number of benzene rings is 1. The van der Waals surface area contributed by atoms with E-state index in [9.17, 15) is 0 Å². The summed E-state index contributed by atoms with van der Waals surface area (Å²) in [5.41, 5.74) is 2.24. The Bertz CT molecular complexity index is 570. The molecule has 2 rings (SSSR count). The van der Waals surface area contributed by atoms with E-state index in [1.165, 1.54) is 10.9 Å². The molecule has 0 saturated carbocycles. The molecule has 110 valence electrons. The Morgan fingerprint density at radius 1 is 1.20 bits per heavy atom. The zero-order valence-corrected chi connectivity index (χ0v) is 13.1. The van der Waals surface area contributed by atoms with Gasteiger partial charge in [0.05, 0.1) is 13.7 Å². The van der Waals surface area contributed by atoms with Crippen molar-refractivity contribution in [3.05, 3.63) is 29.5 Å². The van der Waals surface area contributed by atoms with Gasteiger partial charge < -0.3 is 14.5 Å². The van der Waals surface area contributed by atoms with Gasteiger partial charge in [-0.15, -0.1) is 0 Å². The molecule has 0 aliphatic heterocycles. The van der Waals surface area contributed by atoms with Gasteiger partial charge in [-0.2, -0.15) is 0 Å². The molecule has 1 N–H and O–H groups in total. The lowest BCUT2D eigenvalue weighted by Gasteiger charge is -2.09. The second kappa shape index (κ2) is 6.31. The molecular formula is C17H25NO2. The van der Waals surface area contributed by atoms with Gasteiger partial charge in [0.2, 0.25) is 0 Å². The molecule has 0 bridgehead atoms. The number of hydrogen-bond donors (Lipinski definition) is 1. The Morgan fingerprint density at radius 3 is 2.55 bits per heavy atom. The summed E-state index contributed by atoms with van der Waals surface area (Å²) in [5.74, 6) is 2.50. The molecule has 0 aliphatic carbocycles. The van der Waals surface area contributed by atoms with Gasteiger partial charge in [0, 0.05) is 23.1 Å². The molecule has 1 heterocycles. The van der Waals surface area contributed by atoms with E-state index in [-0.39, 0.29) is 0 Å². The van der Waals surface area contributed by atoms with Gasteiger partial charge in [-0.3, -0.25) is 0 Å². The minimum Gasteiger partial charge on any atom is -0.497 e. The van der Waals surface area contributed by atoms with Crippen LogP contribution in [0.5, 0.6) is 5.75 Å². The summed E-state index contributed by atoms with van der Waals surface area (Å²) in [6.45, 7) is 9.54. The van der Waals surface area contributed by atoms with Crippen LogP contribution in [0.3, 0.4) is 0 Å². The van der Waals surface area contributed by atoms with E-state index in [2.05, 4.69) is 39.1 Å². The van der Waals surface area contributed by atoms with Crippen LogP contribution in [0.15, 0.2) is 22.6 Å². The third-order valence-electron chi connectivity index (χ3n) is 3.37. The van der Waals surface area contributed by atoms with Crippen LogP contribution in [0.2, 0.25) is 0 Å². The number of nitrogens with one attached hydrogen (secondary N) is 1. The highest BCUT2D eigenvalue weighted by atomic mass is 16.5. The number of rotatable bonds is 6. The van der Waals surface area contributed by atoms with E-state index in [1.807, 2.05) is 12.1 Å². The molecule has 0 atom stereocenters. The van der Waals surface area contributed by atoms with Crippen molar-refractivity contribution in [3.63, 3.8) is 0 Å². The van der Waals surface area contributed by atoms with Crippen LogP contribution in [-0.4, -0.2) is 13.2 Å². The first-order chi connectivity index (χ1) is 9.51. The van der Waals surface area contributed by atoms with Crippen molar-refractivity contribution < 1.29 is 9.15 Å². The number of furan rings is 1. The molecule has 20 heavy (non-hydrogen) atoms. The minimum atomic E-state index is 0.449. The standard InChI is InChI=1S/C17H25NO2/c1-11(2)8-15-14-7-6-13(19-5)9-16(14)20-17(15)10-18-12(3)4/h6-7,9,11-12,18H,8,10H2,1-5H3. The van der Waals surface area contributed by atoms with E-state index in [4.69, 9.17) is 9.15 Å². The van der Waals surface area contributed by atoms with Gasteiger partial charge in [-0.1, -0.05) is 27.7 Å². The van der Waals surface area contributed by atoms with E-state index in [0.717, 1.165) is 30.1 Å². The normalized spacial score (nSPS) is 11.8. The van der Waals surface area contributed by atoms with Gasteiger partial charge in [0.15, 0.2) is 0 Å². The van der Waals surface area contributed by atoms with E-state index in [1.54, 1.807) is 7.11 Å². The highest BCUT2D eigenvalue weighted by Gasteiger charge is 2.16. The molecule has 0 radical (unpaired) electrons.